The van der Waals surface area contributed by atoms with E-state index in [1.165, 1.54) is 19.3 Å². The van der Waals surface area contributed by atoms with Crippen molar-refractivity contribution < 1.29 is 9.53 Å². The SMILES string of the molecule is O=C(C1CCCCC1)C1CCOc2ccccc21. The second kappa shape index (κ2) is 5.13. The molecule has 0 radical (unpaired) electrons. The molecule has 0 saturated heterocycles. The van der Waals surface area contributed by atoms with Crippen molar-refractivity contribution in [1.82, 2.24) is 0 Å². The third kappa shape index (κ3) is 2.16. The lowest BCUT2D eigenvalue weighted by molar-refractivity contribution is -0.125. The minimum absolute atomic E-state index is 0.0815. The number of carbonyl (C=O) groups is 1. The van der Waals surface area contributed by atoms with Gasteiger partial charge in [-0.1, -0.05) is 37.5 Å². The Balaban J connectivity index is 1.82. The molecular formula is C16H20O2. The molecule has 18 heavy (non-hydrogen) atoms. The summed E-state index contributed by atoms with van der Waals surface area (Å²) in [6.07, 6.45) is 6.79. The average Bonchev–Trinajstić information content (AvgIpc) is 2.47. The van der Waals surface area contributed by atoms with Crippen LogP contribution in [0.1, 0.15) is 50.0 Å². The summed E-state index contributed by atoms with van der Waals surface area (Å²) in [5.74, 6) is 1.76. The molecule has 0 N–H and O–H groups in total. The smallest absolute Gasteiger partial charge is 0.143 e. The second-order valence-electron chi connectivity index (χ2n) is 5.46. The molecule has 1 atom stereocenters. The highest BCUT2D eigenvalue weighted by molar-refractivity contribution is 5.88. The highest BCUT2D eigenvalue weighted by atomic mass is 16.5. The van der Waals surface area contributed by atoms with Gasteiger partial charge >= 0.3 is 0 Å². The van der Waals surface area contributed by atoms with Gasteiger partial charge in [0.05, 0.1) is 6.61 Å². The van der Waals surface area contributed by atoms with E-state index in [1.54, 1.807) is 0 Å². The normalized spacial score (nSPS) is 24.1. The molecule has 1 heterocycles. The maximum atomic E-state index is 12.7. The van der Waals surface area contributed by atoms with Gasteiger partial charge in [-0.2, -0.15) is 0 Å². The van der Waals surface area contributed by atoms with Crippen LogP contribution >= 0.6 is 0 Å². The Bertz CT molecular complexity index is 432. The maximum absolute atomic E-state index is 12.7. The topological polar surface area (TPSA) is 26.3 Å². The quantitative estimate of drug-likeness (QED) is 0.793. The van der Waals surface area contributed by atoms with Crippen LogP contribution in [0.25, 0.3) is 0 Å². The first-order chi connectivity index (χ1) is 8.86. The Hall–Kier alpha value is -1.31. The highest BCUT2D eigenvalue weighted by Gasteiger charge is 2.32. The van der Waals surface area contributed by atoms with Crippen LogP contribution in [0.15, 0.2) is 24.3 Å². The molecule has 1 unspecified atom stereocenters. The molecule has 0 amide bonds. The zero-order chi connectivity index (χ0) is 12.4. The minimum Gasteiger partial charge on any atom is -0.493 e. The minimum atomic E-state index is 0.0815. The van der Waals surface area contributed by atoms with Crippen LogP contribution in [0.2, 0.25) is 0 Å². The molecule has 0 aromatic heterocycles. The fourth-order valence-corrected chi connectivity index (χ4v) is 3.31. The van der Waals surface area contributed by atoms with Gasteiger partial charge in [-0.3, -0.25) is 4.79 Å². The molecule has 0 bridgehead atoms. The lowest BCUT2D eigenvalue weighted by Crippen LogP contribution is -2.28. The first kappa shape index (κ1) is 11.8. The van der Waals surface area contributed by atoms with Gasteiger partial charge in [0.1, 0.15) is 11.5 Å². The average molecular weight is 244 g/mol. The second-order valence-corrected chi connectivity index (χ2v) is 5.46. The molecule has 2 aliphatic rings. The van der Waals surface area contributed by atoms with Gasteiger partial charge < -0.3 is 4.74 Å². The van der Waals surface area contributed by atoms with E-state index in [4.69, 9.17) is 4.74 Å². The molecule has 1 aromatic carbocycles. The number of rotatable bonds is 2. The fraction of sp³-hybridized carbons (Fsp3) is 0.562. The number of benzene rings is 1. The molecule has 2 heteroatoms. The monoisotopic (exact) mass is 244 g/mol. The van der Waals surface area contributed by atoms with Gasteiger partial charge in [0, 0.05) is 17.4 Å². The Morgan fingerprint density at radius 3 is 2.67 bits per heavy atom. The molecule has 1 fully saturated rings. The fourth-order valence-electron chi connectivity index (χ4n) is 3.31. The Kier molecular flexibility index (Phi) is 3.35. The van der Waals surface area contributed by atoms with E-state index >= 15 is 0 Å². The predicted octanol–water partition coefficient (Wildman–Crippen LogP) is 3.70. The first-order valence-corrected chi connectivity index (χ1v) is 7.12. The van der Waals surface area contributed by atoms with Crippen LogP contribution in [0.3, 0.4) is 0 Å². The summed E-state index contributed by atoms with van der Waals surface area (Å²) in [5.41, 5.74) is 1.11. The number of para-hydroxylation sites is 1. The molecular weight excluding hydrogens is 224 g/mol. The number of ether oxygens (including phenoxy) is 1. The number of carbonyl (C=O) groups excluding carboxylic acids is 1. The van der Waals surface area contributed by atoms with Gasteiger partial charge in [-0.25, -0.2) is 0 Å². The molecule has 1 aliphatic heterocycles. The molecule has 1 aromatic rings. The summed E-state index contributed by atoms with van der Waals surface area (Å²) in [6, 6.07) is 8.02. The van der Waals surface area contributed by atoms with Gasteiger partial charge in [-0.15, -0.1) is 0 Å². The van der Waals surface area contributed by atoms with Crippen LogP contribution in [0, 0.1) is 5.92 Å². The molecule has 2 nitrogen and oxygen atoms in total. The lowest BCUT2D eigenvalue weighted by Gasteiger charge is -2.29. The molecule has 0 spiro atoms. The summed E-state index contributed by atoms with van der Waals surface area (Å²) in [5, 5.41) is 0. The van der Waals surface area contributed by atoms with Crippen molar-refractivity contribution in [3.63, 3.8) is 0 Å². The Morgan fingerprint density at radius 1 is 1.06 bits per heavy atom. The zero-order valence-electron chi connectivity index (χ0n) is 10.7. The Morgan fingerprint density at radius 2 is 1.83 bits per heavy atom. The van der Waals surface area contributed by atoms with Crippen molar-refractivity contribution >= 4 is 5.78 Å². The van der Waals surface area contributed by atoms with E-state index in [0.717, 1.165) is 30.6 Å². The number of hydrogen-bond acceptors (Lipinski definition) is 2. The molecule has 96 valence electrons. The summed E-state index contributed by atoms with van der Waals surface area (Å²) < 4.78 is 5.64. The number of ketones is 1. The van der Waals surface area contributed by atoms with E-state index < -0.39 is 0 Å². The third-order valence-electron chi connectivity index (χ3n) is 4.31. The summed E-state index contributed by atoms with van der Waals surface area (Å²) in [7, 11) is 0. The summed E-state index contributed by atoms with van der Waals surface area (Å²) >= 11 is 0. The van der Waals surface area contributed by atoms with E-state index in [9.17, 15) is 4.79 Å². The Labute approximate surface area is 108 Å². The van der Waals surface area contributed by atoms with Crippen molar-refractivity contribution in [3.05, 3.63) is 29.8 Å². The summed E-state index contributed by atoms with van der Waals surface area (Å²) in [4.78, 5) is 12.7. The van der Waals surface area contributed by atoms with Crippen molar-refractivity contribution in [2.45, 2.75) is 44.4 Å². The van der Waals surface area contributed by atoms with Crippen LogP contribution in [-0.4, -0.2) is 12.4 Å². The van der Waals surface area contributed by atoms with Crippen molar-refractivity contribution in [2.24, 2.45) is 5.92 Å². The third-order valence-corrected chi connectivity index (χ3v) is 4.31. The van der Waals surface area contributed by atoms with Crippen LogP contribution in [-0.2, 0) is 4.79 Å². The molecule has 1 saturated carbocycles. The number of Topliss-reactive ketones (excluding diaryl/α,β-unsaturated/α-hetero) is 1. The van der Waals surface area contributed by atoms with Gasteiger partial charge in [0.2, 0.25) is 0 Å². The highest BCUT2D eigenvalue weighted by Crippen LogP contribution is 2.38. The standard InChI is InChI=1S/C16H20O2/c17-16(12-6-2-1-3-7-12)14-10-11-18-15-9-5-4-8-13(14)15/h4-5,8-9,12,14H,1-3,6-7,10-11H2. The van der Waals surface area contributed by atoms with Crippen LogP contribution in [0.5, 0.6) is 5.75 Å². The predicted molar refractivity (Wildman–Crippen MR) is 70.9 cm³/mol. The van der Waals surface area contributed by atoms with Gasteiger partial charge in [0.15, 0.2) is 0 Å². The maximum Gasteiger partial charge on any atom is 0.143 e. The number of fused-ring (bicyclic) bond motifs is 1. The van der Waals surface area contributed by atoms with E-state index in [-0.39, 0.29) is 5.92 Å². The van der Waals surface area contributed by atoms with Gasteiger partial charge in [0.25, 0.3) is 0 Å². The largest absolute Gasteiger partial charge is 0.493 e. The first-order valence-electron chi connectivity index (χ1n) is 7.12. The molecule has 3 rings (SSSR count). The summed E-state index contributed by atoms with van der Waals surface area (Å²) in [6.45, 7) is 0.681. The van der Waals surface area contributed by atoms with E-state index in [2.05, 4.69) is 6.07 Å². The van der Waals surface area contributed by atoms with Crippen molar-refractivity contribution in [3.8, 4) is 5.75 Å². The van der Waals surface area contributed by atoms with E-state index in [1.807, 2.05) is 18.2 Å². The molecule has 1 aliphatic carbocycles. The zero-order valence-corrected chi connectivity index (χ0v) is 10.7. The van der Waals surface area contributed by atoms with Crippen molar-refractivity contribution in [1.29, 1.82) is 0 Å². The van der Waals surface area contributed by atoms with Gasteiger partial charge in [-0.05, 0) is 25.3 Å². The lowest BCUT2D eigenvalue weighted by atomic mass is 9.77. The number of hydrogen-bond donors (Lipinski definition) is 0. The van der Waals surface area contributed by atoms with Crippen LogP contribution < -0.4 is 4.74 Å². The van der Waals surface area contributed by atoms with Crippen LogP contribution in [0.4, 0.5) is 0 Å². The van der Waals surface area contributed by atoms with Crippen molar-refractivity contribution in [2.75, 3.05) is 6.61 Å². The van der Waals surface area contributed by atoms with E-state index in [0.29, 0.717) is 18.3 Å².